The highest BCUT2D eigenvalue weighted by molar-refractivity contribution is 5.96. The standard InChI is InChI=1S/C16H13N3O6/c1-24-16(21)11-4-2-10(3-5-11)8-18-14(20)9-25-12-6-7-13(19(22)23)17-15(12)18/h2-7H,8-9H2,1H3. The van der Waals surface area contributed by atoms with Crippen LogP contribution >= 0.6 is 0 Å². The number of hydrogen-bond donors (Lipinski definition) is 0. The van der Waals surface area contributed by atoms with E-state index in [1.54, 1.807) is 24.3 Å². The SMILES string of the molecule is COC(=O)c1ccc(CN2C(=O)COc3ccc([N+](=O)[O-])nc32)cc1. The first kappa shape index (κ1) is 16.4. The summed E-state index contributed by atoms with van der Waals surface area (Å²) >= 11 is 0. The van der Waals surface area contributed by atoms with E-state index in [9.17, 15) is 19.7 Å². The Bertz CT molecular complexity index is 849. The quantitative estimate of drug-likeness (QED) is 0.472. The molecule has 0 bridgehead atoms. The number of rotatable bonds is 4. The lowest BCUT2D eigenvalue weighted by Gasteiger charge is -2.25. The van der Waals surface area contributed by atoms with Crippen LogP contribution in [0.4, 0.5) is 11.6 Å². The molecule has 1 aromatic heterocycles. The monoisotopic (exact) mass is 343 g/mol. The molecule has 0 atom stereocenters. The summed E-state index contributed by atoms with van der Waals surface area (Å²) in [7, 11) is 1.29. The van der Waals surface area contributed by atoms with Crippen molar-refractivity contribution in [3.05, 3.63) is 57.6 Å². The highest BCUT2D eigenvalue weighted by Gasteiger charge is 2.32. The highest BCUT2D eigenvalue weighted by Crippen LogP contribution is 2.33. The first-order valence-corrected chi connectivity index (χ1v) is 7.25. The Morgan fingerprint density at radius 2 is 2.04 bits per heavy atom. The predicted octanol–water partition coefficient (Wildman–Crippen LogP) is 1.70. The molecule has 3 rings (SSSR count). The predicted molar refractivity (Wildman–Crippen MR) is 85.4 cm³/mol. The molecule has 25 heavy (non-hydrogen) atoms. The zero-order valence-corrected chi connectivity index (χ0v) is 13.2. The number of amides is 1. The Balaban J connectivity index is 1.90. The maximum Gasteiger partial charge on any atom is 0.366 e. The van der Waals surface area contributed by atoms with Gasteiger partial charge in [0.05, 0.1) is 19.2 Å². The summed E-state index contributed by atoms with van der Waals surface area (Å²) in [5.74, 6) is -0.795. The maximum atomic E-state index is 12.2. The summed E-state index contributed by atoms with van der Waals surface area (Å²) in [5, 5.41) is 10.9. The van der Waals surface area contributed by atoms with E-state index in [2.05, 4.69) is 9.72 Å². The van der Waals surface area contributed by atoms with Crippen LogP contribution in [0.15, 0.2) is 36.4 Å². The number of ether oxygens (including phenoxy) is 2. The number of esters is 1. The number of fused-ring (bicyclic) bond motifs is 1. The zero-order valence-electron chi connectivity index (χ0n) is 13.2. The van der Waals surface area contributed by atoms with E-state index in [1.165, 1.54) is 24.1 Å². The van der Waals surface area contributed by atoms with Gasteiger partial charge in [0.2, 0.25) is 0 Å². The molecule has 0 fully saturated rings. The molecule has 2 heterocycles. The van der Waals surface area contributed by atoms with Gasteiger partial charge in [0.15, 0.2) is 12.4 Å². The van der Waals surface area contributed by atoms with Gasteiger partial charge < -0.3 is 19.6 Å². The van der Waals surface area contributed by atoms with Crippen LogP contribution in [0.2, 0.25) is 0 Å². The third-order valence-corrected chi connectivity index (χ3v) is 3.64. The van der Waals surface area contributed by atoms with Gasteiger partial charge in [-0.25, -0.2) is 4.79 Å². The minimum atomic E-state index is -0.636. The Hall–Kier alpha value is -3.49. The number of anilines is 1. The number of methoxy groups -OCH3 is 1. The summed E-state index contributed by atoms with van der Waals surface area (Å²) in [5.41, 5.74) is 1.11. The van der Waals surface area contributed by atoms with Gasteiger partial charge >= 0.3 is 11.8 Å². The molecule has 0 radical (unpaired) electrons. The summed E-state index contributed by atoms with van der Waals surface area (Å²) in [6.07, 6.45) is 0. The van der Waals surface area contributed by atoms with Crippen LogP contribution in [0.1, 0.15) is 15.9 Å². The van der Waals surface area contributed by atoms with Crippen molar-refractivity contribution in [3.63, 3.8) is 0 Å². The summed E-state index contributed by atoms with van der Waals surface area (Å²) in [6, 6.07) is 9.14. The molecule has 0 saturated carbocycles. The second kappa shape index (κ2) is 6.56. The Morgan fingerprint density at radius 3 is 2.68 bits per heavy atom. The topological polar surface area (TPSA) is 112 Å². The molecule has 1 aliphatic rings. The van der Waals surface area contributed by atoms with Crippen LogP contribution < -0.4 is 9.64 Å². The van der Waals surface area contributed by atoms with Crippen LogP contribution in [0.5, 0.6) is 5.75 Å². The molecule has 9 heteroatoms. The van der Waals surface area contributed by atoms with E-state index in [4.69, 9.17) is 4.74 Å². The average Bonchev–Trinajstić information content (AvgIpc) is 2.63. The van der Waals surface area contributed by atoms with E-state index in [0.29, 0.717) is 11.3 Å². The smallest absolute Gasteiger partial charge is 0.366 e. The maximum absolute atomic E-state index is 12.2. The van der Waals surface area contributed by atoms with Crippen molar-refractivity contribution in [3.8, 4) is 5.75 Å². The van der Waals surface area contributed by atoms with Crippen molar-refractivity contribution in [2.24, 2.45) is 0 Å². The molecule has 0 N–H and O–H groups in total. The summed E-state index contributed by atoms with van der Waals surface area (Å²) < 4.78 is 9.90. The molecule has 128 valence electrons. The van der Waals surface area contributed by atoms with Gasteiger partial charge in [0.25, 0.3) is 11.7 Å². The second-order valence-corrected chi connectivity index (χ2v) is 5.21. The van der Waals surface area contributed by atoms with Crippen molar-refractivity contribution in [1.82, 2.24) is 4.98 Å². The summed E-state index contributed by atoms with van der Waals surface area (Å²) in [6.45, 7) is -0.0302. The molecule has 0 saturated heterocycles. The lowest BCUT2D eigenvalue weighted by Crippen LogP contribution is -2.39. The van der Waals surface area contributed by atoms with Crippen molar-refractivity contribution in [2.45, 2.75) is 6.54 Å². The van der Waals surface area contributed by atoms with Crippen LogP contribution in [0, 0.1) is 10.1 Å². The normalized spacial score (nSPS) is 13.0. The number of nitrogens with zero attached hydrogens (tertiary/aromatic N) is 3. The number of carbonyl (C=O) groups excluding carboxylic acids is 2. The van der Waals surface area contributed by atoms with Gasteiger partial charge in [-0.05, 0) is 33.7 Å². The molecule has 1 aliphatic heterocycles. The largest absolute Gasteiger partial charge is 0.477 e. The lowest BCUT2D eigenvalue weighted by molar-refractivity contribution is -0.389. The fraction of sp³-hybridized carbons (Fsp3) is 0.188. The first-order chi connectivity index (χ1) is 12.0. The van der Waals surface area contributed by atoms with Gasteiger partial charge in [0.1, 0.15) is 0 Å². The minimum Gasteiger partial charge on any atom is -0.477 e. The second-order valence-electron chi connectivity index (χ2n) is 5.21. The lowest BCUT2D eigenvalue weighted by atomic mass is 10.1. The van der Waals surface area contributed by atoms with Crippen LogP contribution in [0.3, 0.4) is 0 Å². The molecule has 1 aromatic carbocycles. The zero-order chi connectivity index (χ0) is 18.0. The Kier molecular flexibility index (Phi) is 4.29. The van der Waals surface area contributed by atoms with E-state index in [-0.39, 0.29) is 30.7 Å². The number of hydrogen-bond acceptors (Lipinski definition) is 7. The fourth-order valence-corrected chi connectivity index (χ4v) is 2.38. The van der Waals surface area contributed by atoms with Gasteiger partial charge in [0, 0.05) is 6.07 Å². The van der Waals surface area contributed by atoms with Gasteiger partial charge in [-0.15, -0.1) is 0 Å². The number of aromatic nitrogens is 1. The van der Waals surface area contributed by atoms with Crippen molar-refractivity contribution >= 4 is 23.5 Å². The number of carbonyl (C=O) groups is 2. The molecule has 2 aromatic rings. The highest BCUT2D eigenvalue weighted by atomic mass is 16.6. The van der Waals surface area contributed by atoms with Crippen molar-refractivity contribution in [2.75, 3.05) is 18.6 Å². The fourth-order valence-electron chi connectivity index (χ4n) is 2.38. The van der Waals surface area contributed by atoms with Crippen LogP contribution in [0.25, 0.3) is 0 Å². The molecule has 0 aliphatic carbocycles. The molecule has 1 amide bonds. The molecule has 9 nitrogen and oxygen atoms in total. The third kappa shape index (κ3) is 3.25. The number of benzene rings is 1. The first-order valence-electron chi connectivity index (χ1n) is 7.25. The van der Waals surface area contributed by atoms with Gasteiger partial charge in [-0.2, -0.15) is 0 Å². The van der Waals surface area contributed by atoms with E-state index >= 15 is 0 Å². The number of nitro groups is 1. The van der Waals surface area contributed by atoms with Gasteiger partial charge in [-0.1, -0.05) is 12.1 Å². The van der Waals surface area contributed by atoms with Crippen molar-refractivity contribution < 1.29 is 24.0 Å². The molecular weight excluding hydrogens is 330 g/mol. The van der Waals surface area contributed by atoms with Crippen molar-refractivity contribution in [1.29, 1.82) is 0 Å². The number of pyridine rings is 1. The van der Waals surface area contributed by atoms with E-state index in [1.807, 2.05) is 0 Å². The Morgan fingerprint density at radius 1 is 1.32 bits per heavy atom. The molecule has 0 spiro atoms. The third-order valence-electron chi connectivity index (χ3n) is 3.64. The van der Waals surface area contributed by atoms with Crippen LogP contribution in [-0.2, 0) is 16.1 Å². The molecule has 0 unspecified atom stereocenters. The Labute approximate surface area is 141 Å². The van der Waals surface area contributed by atoms with Gasteiger partial charge in [-0.3, -0.25) is 9.69 Å². The molecular formula is C16H13N3O6. The van der Waals surface area contributed by atoms with Crippen LogP contribution in [-0.4, -0.2) is 35.5 Å². The minimum absolute atomic E-state index is 0.0995. The average molecular weight is 343 g/mol. The van der Waals surface area contributed by atoms with E-state index in [0.717, 1.165) is 5.56 Å². The summed E-state index contributed by atoms with van der Waals surface area (Å²) in [4.78, 5) is 39.1. The van der Waals surface area contributed by atoms with E-state index < -0.39 is 10.9 Å².